The average molecular weight is 289 g/mol. The predicted octanol–water partition coefficient (Wildman–Crippen LogP) is 2.64. The molecule has 1 heterocycles. The summed E-state index contributed by atoms with van der Waals surface area (Å²) in [5, 5.41) is 7.80. The minimum atomic E-state index is 0.292. The number of nitrogens with zero attached hydrogens (tertiary/aromatic N) is 2. The lowest BCUT2D eigenvalue weighted by Gasteiger charge is -2.22. The Labute approximate surface area is 125 Å². The van der Waals surface area contributed by atoms with E-state index in [1.165, 1.54) is 0 Å². The minimum Gasteiger partial charge on any atom is -0.493 e. The minimum absolute atomic E-state index is 0.292. The highest BCUT2D eigenvalue weighted by molar-refractivity contribution is 5.42. The van der Waals surface area contributed by atoms with Crippen LogP contribution < -0.4 is 14.8 Å². The van der Waals surface area contributed by atoms with Crippen LogP contribution in [0.5, 0.6) is 11.5 Å². The number of hydrogen-bond acceptors (Lipinski definition) is 4. The number of ether oxygens (including phenoxy) is 2. The van der Waals surface area contributed by atoms with Gasteiger partial charge in [0.2, 0.25) is 0 Å². The molecule has 0 aliphatic heterocycles. The molecule has 0 fully saturated rings. The van der Waals surface area contributed by atoms with Gasteiger partial charge in [-0.05, 0) is 37.6 Å². The predicted molar refractivity (Wildman–Crippen MR) is 82.8 cm³/mol. The molecule has 2 aromatic rings. The van der Waals surface area contributed by atoms with E-state index in [-0.39, 0.29) is 0 Å². The second-order valence-electron chi connectivity index (χ2n) is 5.09. The van der Waals surface area contributed by atoms with Crippen molar-refractivity contribution in [1.82, 2.24) is 15.1 Å². The maximum absolute atomic E-state index is 5.32. The molecule has 1 aromatic carbocycles. The first-order valence-electron chi connectivity index (χ1n) is 7.09. The van der Waals surface area contributed by atoms with E-state index in [1.54, 1.807) is 20.4 Å². The summed E-state index contributed by atoms with van der Waals surface area (Å²) in [7, 11) is 3.29. The van der Waals surface area contributed by atoms with E-state index < -0.39 is 0 Å². The topological polar surface area (TPSA) is 48.3 Å². The molecule has 0 saturated carbocycles. The second-order valence-corrected chi connectivity index (χ2v) is 5.09. The normalized spacial score (nSPS) is 13.7. The van der Waals surface area contributed by atoms with E-state index in [9.17, 15) is 0 Å². The molecule has 0 radical (unpaired) electrons. The lowest BCUT2D eigenvalue weighted by Crippen LogP contribution is -2.33. The largest absolute Gasteiger partial charge is 0.493 e. The van der Waals surface area contributed by atoms with Crippen molar-refractivity contribution in [2.75, 3.05) is 14.2 Å². The maximum atomic E-state index is 5.32. The Morgan fingerprint density at radius 1 is 1.19 bits per heavy atom. The van der Waals surface area contributed by atoms with Gasteiger partial charge in [0.25, 0.3) is 0 Å². The third-order valence-corrected chi connectivity index (χ3v) is 3.74. The van der Waals surface area contributed by atoms with E-state index in [0.717, 1.165) is 23.6 Å². The van der Waals surface area contributed by atoms with Crippen LogP contribution in [0.1, 0.15) is 25.5 Å². The third kappa shape index (κ3) is 3.76. The van der Waals surface area contributed by atoms with E-state index >= 15 is 0 Å². The first kappa shape index (κ1) is 15.4. The van der Waals surface area contributed by atoms with Crippen LogP contribution in [-0.2, 0) is 6.54 Å². The molecule has 2 atom stereocenters. The Hall–Kier alpha value is -2.01. The SMILES string of the molecule is COc1ccc(CN[C@H](C)[C@H](C)n2cccn2)cc1OC. The molecule has 0 saturated heterocycles. The lowest BCUT2D eigenvalue weighted by atomic mass is 10.1. The number of rotatable bonds is 7. The number of hydrogen-bond donors (Lipinski definition) is 1. The van der Waals surface area contributed by atoms with Crippen molar-refractivity contribution >= 4 is 0 Å². The maximum Gasteiger partial charge on any atom is 0.161 e. The van der Waals surface area contributed by atoms with Crippen LogP contribution in [0, 0.1) is 0 Å². The van der Waals surface area contributed by atoms with Gasteiger partial charge >= 0.3 is 0 Å². The Bertz CT molecular complexity index is 555. The van der Waals surface area contributed by atoms with Gasteiger partial charge in [-0.2, -0.15) is 5.10 Å². The fourth-order valence-electron chi connectivity index (χ4n) is 2.19. The molecule has 1 aromatic heterocycles. The molecule has 2 rings (SSSR count). The van der Waals surface area contributed by atoms with Crippen molar-refractivity contribution in [1.29, 1.82) is 0 Å². The summed E-state index contributed by atoms with van der Waals surface area (Å²) in [6, 6.07) is 8.50. The van der Waals surface area contributed by atoms with E-state index in [4.69, 9.17) is 9.47 Å². The third-order valence-electron chi connectivity index (χ3n) is 3.74. The van der Waals surface area contributed by atoms with E-state index in [0.29, 0.717) is 12.1 Å². The molecular weight excluding hydrogens is 266 g/mol. The van der Waals surface area contributed by atoms with Crippen LogP contribution in [0.3, 0.4) is 0 Å². The van der Waals surface area contributed by atoms with Gasteiger partial charge in [0, 0.05) is 25.0 Å². The fourth-order valence-corrected chi connectivity index (χ4v) is 2.19. The summed E-state index contributed by atoms with van der Waals surface area (Å²) in [5.41, 5.74) is 1.16. The Kier molecular flexibility index (Phi) is 5.22. The van der Waals surface area contributed by atoms with Gasteiger partial charge in [0.15, 0.2) is 11.5 Å². The quantitative estimate of drug-likeness (QED) is 0.851. The molecule has 5 heteroatoms. The second kappa shape index (κ2) is 7.13. The van der Waals surface area contributed by atoms with Gasteiger partial charge in [-0.25, -0.2) is 0 Å². The number of methoxy groups -OCH3 is 2. The fraction of sp³-hybridized carbons (Fsp3) is 0.438. The van der Waals surface area contributed by atoms with Gasteiger partial charge in [0.1, 0.15) is 0 Å². The Balaban J connectivity index is 1.96. The van der Waals surface area contributed by atoms with E-state index in [1.807, 2.05) is 35.1 Å². The van der Waals surface area contributed by atoms with Crippen LogP contribution in [0.25, 0.3) is 0 Å². The molecule has 0 aliphatic rings. The van der Waals surface area contributed by atoms with Gasteiger partial charge in [-0.3, -0.25) is 4.68 Å². The summed E-state index contributed by atoms with van der Waals surface area (Å²) < 4.78 is 12.5. The summed E-state index contributed by atoms with van der Waals surface area (Å²) in [6.45, 7) is 5.08. The summed E-state index contributed by atoms with van der Waals surface area (Å²) in [6.07, 6.45) is 3.79. The zero-order chi connectivity index (χ0) is 15.2. The van der Waals surface area contributed by atoms with Crippen LogP contribution in [0.2, 0.25) is 0 Å². The van der Waals surface area contributed by atoms with Crippen LogP contribution in [-0.4, -0.2) is 30.0 Å². The van der Waals surface area contributed by atoms with Crippen LogP contribution in [0.4, 0.5) is 0 Å². The van der Waals surface area contributed by atoms with Crippen molar-refractivity contribution < 1.29 is 9.47 Å². The summed E-state index contributed by atoms with van der Waals surface area (Å²) in [4.78, 5) is 0. The number of nitrogens with one attached hydrogen (secondary N) is 1. The molecule has 0 unspecified atom stereocenters. The smallest absolute Gasteiger partial charge is 0.161 e. The summed E-state index contributed by atoms with van der Waals surface area (Å²) >= 11 is 0. The zero-order valence-electron chi connectivity index (χ0n) is 13.0. The van der Waals surface area contributed by atoms with Crippen LogP contribution in [0.15, 0.2) is 36.7 Å². The monoisotopic (exact) mass is 289 g/mol. The average Bonchev–Trinajstić information content (AvgIpc) is 3.05. The van der Waals surface area contributed by atoms with E-state index in [2.05, 4.69) is 24.3 Å². The number of benzene rings is 1. The first-order valence-corrected chi connectivity index (χ1v) is 7.09. The van der Waals surface area contributed by atoms with Crippen molar-refractivity contribution in [2.45, 2.75) is 32.5 Å². The Morgan fingerprint density at radius 3 is 2.57 bits per heavy atom. The van der Waals surface area contributed by atoms with Crippen molar-refractivity contribution in [3.8, 4) is 11.5 Å². The summed E-state index contributed by atoms with van der Waals surface area (Å²) in [5.74, 6) is 1.50. The first-order chi connectivity index (χ1) is 10.2. The molecule has 0 spiro atoms. The molecular formula is C16H23N3O2. The standard InChI is InChI=1S/C16H23N3O2/c1-12(13(2)19-9-5-8-18-19)17-11-14-6-7-15(20-3)16(10-14)21-4/h5-10,12-13,17H,11H2,1-4H3/t12-,13+/m1/s1. The lowest BCUT2D eigenvalue weighted by molar-refractivity contribution is 0.352. The molecule has 114 valence electrons. The van der Waals surface area contributed by atoms with Gasteiger partial charge in [-0.1, -0.05) is 6.07 Å². The van der Waals surface area contributed by atoms with Gasteiger partial charge in [0.05, 0.1) is 20.3 Å². The highest BCUT2D eigenvalue weighted by Crippen LogP contribution is 2.27. The molecule has 21 heavy (non-hydrogen) atoms. The molecule has 0 aliphatic carbocycles. The Morgan fingerprint density at radius 2 is 1.95 bits per heavy atom. The van der Waals surface area contributed by atoms with Gasteiger partial charge < -0.3 is 14.8 Å². The van der Waals surface area contributed by atoms with Crippen molar-refractivity contribution in [2.24, 2.45) is 0 Å². The molecule has 1 N–H and O–H groups in total. The molecule has 5 nitrogen and oxygen atoms in total. The van der Waals surface area contributed by atoms with Crippen molar-refractivity contribution in [3.63, 3.8) is 0 Å². The zero-order valence-corrected chi connectivity index (χ0v) is 13.0. The molecule has 0 amide bonds. The molecule has 0 bridgehead atoms. The number of aromatic nitrogens is 2. The van der Waals surface area contributed by atoms with Crippen molar-refractivity contribution in [3.05, 3.63) is 42.2 Å². The van der Waals surface area contributed by atoms with Gasteiger partial charge in [-0.15, -0.1) is 0 Å². The highest BCUT2D eigenvalue weighted by Gasteiger charge is 2.14. The highest BCUT2D eigenvalue weighted by atomic mass is 16.5. The van der Waals surface area contributed by atoms with Crippen LogP contribution >= 0.6 is 0 Å².